The Kier molecular flexibility index (Phi) is 3.76. The smallest absolute Gasteiger partial charge is 0.232 e. The third-order valence-electron chi connectivity index (χ3n) is 4.26. The van der Waals surface area contributed by atoms with E-state index in [0.29, 0.717) is 19.6 Å². The lowest BCUT2D eigenvalue weighted by molar-refractivity contribution is -0.122. The Morgan fingerprint density at radius 2 is 2.20 bits per heavy atom. The molecule has 3 atom stereocenters. The molecular formula is C16H21NO3. The monoisotopic (exact) mass is 275 g/mol. The van der Waals surface area contributed by atoms with Crippen molar-refractivity contribution < 1.29 is 14.6 Å². The second kappa shape index (κ2) is 5.54. The minimum Gasteiger partial charge on any atom is -0.388 e. The molecule has 20 heavy (non-hydrogen) atoms. The van der Waals surface area contributed by atoms with Crippen molar-refractivity contribution in [3.63, 3.8) is 0 Å². The highest BCUT2D eigenvalue weighted by atomic mass is 16.5. The van der Waals surface area contributed by atoms with Crippen LogP contribution in [0.25, 0.3) is 0 Å². The number of benzene rings is 1. The highest BCUT2D eigenvalue weighted by Crippen LogP contribution is 2.34. The number of hydrogen-bond donors (Lipinski definition) is 1. The van der Waals surface area contributed by atoms with Crippen molar-refractivity contribution in [2.24, 2.45) is 5.92 Å². The first-order chi connectivity index (χ1) is 9.66. The molecule has 3 unspecified atom stereocenters. The van der Waals surface area contributed by atoms with Gasteiger partial charge in [0.2, 0.25) is 5.91 Å². The predicted octanol–water partition coefficient (Wildman–Crippen LogP) is 2.27. The van der Waals surface area contributed by atoms with Crippen LogP contribution in [0.4, 0.5) is 5.69 Å². The summed E-state index contributed by atoms with van der Waals surface area (Å²) in [5.41, 5.74) is 1.73. The van der Waals surface area contributed by atoms with Crippen LogP contribution in [-0.2, 0) is 9.53 Å². The molecule has 4 nitrogen and oxygen atoms in total. The lowest BCUT2D eigenvalue weighted by atomic mass is 10.0. The van der Waals surface area contributed by atoms with E-state index in [-0.39, 0.29) is 17.9 Å². The molecular weight excluding hydrogens is 254 g/mol. The highest BCUT2D eigenvalue weighted by Gasteiger charge is 2.34. The van der Waals surface area contributed by atoms with Crippen molar-refractivity contribution in [1.82, 2.24) is 0 Å². The molecule has 0 aliphatic carbocycles. The van der Waals surface area contributed by atoms with E-state index in [2.05, 4.69) is 0 Å². The fourth-order valence-electron chi connectivity index (χ4n) is 3.17. The van der Waals surface area contributed by atoms with Gasteiger partial charge in [-0.15, -0.1) is 0 Å². The van der Waals surface area contributed by atoms with Gasteiger partial charge in [0.15, 0.2) is 0 Å². The lowest BCUT2D eigenvalue weighted by Gasteiger charge is -2.25. The predicted molar refractivity (Wildman–Crippen MR) is 76.5 cm³/mol. The third-order valence-corrected chi connectivity index (χ3v) is 4.26. The highest BCUT2D eigenvalue weighted by molar-refractivity contribution is 5.96. The first kappa shape index (κ1) is 13.6. The Bertz CT molecular complexity index is 502. The standard InChI is InChI=1S/C16H21NO3/c1-11-9-12(10-20-11)16(19)17-8-4-7-15(18)13-5-2-3-6-14(13)17/h2-3,5-6,11-12,15,18H,4,7-10H2,1H3. The van der Waals surface area contributed by atoms with Crippen LogP contribution in [0.3, 0.4) is 0 Å². The van der Waals surface area contributed by atoms with E-state index in [0.717, 1.165) is 24.1 Å². The average Bonchev–Trinajstić information content (AvgIpc) is 2.82. The van der Waals surface area contributed by atoms with Gasteiger partial charge in [0.1, 0.15) is 0 Å². The van der Waals surface area contributed by atoms with Crippen molar-refractivity contribution in [1.29, 1.82) is 0 Å². The summed E-state index contributed by atoms with van der Waals surface area (Å²) in [7, 11) is 0. The largest absolute Gasteiger partial charge is 0.388 e. The maximum Gasteiger partial charge on any atom is 0.232 e. The second-order valence-corrected chi connectivity index (χ2v) is 5.78. The number of para-hydroxylation sites is 1. The molecule has 0 saturated carbocycles. The molecule has 3 rings (SSSR count). The van der Waals surface area contributed by atoms with E-state index in [1.165, 1.54) is 0 Å². The summed E-state index contributed by atoms with van der Waals surface area (Å²) in [6, 6.07) is 7.68. The van der Waals surface area contributed by atoms with E-state index < -0.39 is 6.10 Å². The van der Waals surface area contributed by atoms with Crippen LogP contribution >= 0.6 is 0 Å². The SMILES string of the molecule is CC1CC(C(=O)N2CCCC(O)c3ccccc32)CO1. The van der Waals surface area contributed by atoms with Crippen molar-refractivity contribution in [3.8, 4) is 0 Å². The molecule has 1 fully saturated rings. The molecule has 0 bridgehead atoms. The molecule has 108 valence electrons. The van der Waals surface area contributed by atoms with Gasteiger partial charge in [-0.25, -0.2) is 0 Å². The van der Waals surface area contributed by atoms with Crippen LogP contribution < -0.4 is 4.90 Å². The van der Waals surface area contributed by atoms with E-state index in [4.69, 9.17) is 4.74 Å². The molecule has 0 radical (unpaired) electrons. The number of aliphatic hydroxyl groups excluding tert-OH is 1. The molecule has 2 aliphatic rings. The number of rotatable bonds is 1. The lowest BCUT2D eigenvalue weighted by Crippen LogP contribution is -2.37. The summed E-state index contributed by atoms with van der Waals surface area (Å²) in [5, 5.41) is 10.2. The fraction of sp³-hybridized carbons (Fsp3) is 0.562. The Labute approximate surface area is 119 Å². The molecule has 0 aromatic heterocycles. The van der Waals surface area contributed by atoms with Crippen molar-refractivity contribution in [3.05, 3.63) is 29.8 Å². The van der Waals surface area contributed by atoms with E-state index in [1.54, 1.807) is 0 Å². The number of carbonyl (C=O) groups is 1. The second-order valence-electron chi connectivity index (χ2n) is 5.78. The first-order valence-electron chi connectivity index (χ1n) is 7.37. The molecule has 2 aliphatic heterocycles. The van der Waals surface area contributed by atoms with Gasteiger partial charge < -0.3 is 14.7 Å². The molecule has 1 N–H and O–H groups in total. The van der Waals surface area contributed by atoms with Crippen molar-refractivity contribution in [2.75, 3.05) is 18.1 Å². The normalized spacial score (nSPS) is 29.9. The van der Waals surface area contributed by atoms with Gasteiger partial charge in [-0.2, -0.15) is 0 Å². The first-order valence-corrected chi connectivity index (χ1v) is 7.37. The number of anilines is 1. The molecule has 1 saturated heterocycles. The average molecular weight is 275 g/mol. The number of hydrogen-bond acceptors (Lipinski definition) is 3. The third kappa shape index (κ3) is 2.45. The van der Waals surface area contributed by atoms with Crippen LogP contribution in [0.5, 0.6) is 0 Å². The van der Waals surface area contributed by atoms with Crippen LogP contribution in [0, 0.1) is 5.92 Å². The van der Waals surface area contributed by atoms with E-state index >= 15 is 0 Å². The molecule has 1 aromatic carbocycles. The summed E-state index contributed by atoms with van der Waals surface area (Å²) in [6.45, 7) is 3.20. The summed E-state index contributed by atoms with van der Waals surface area (Å²) in [6.07, 6.45) is 2.02. The summed E-state index contributed by atoms with van der Waals surface area (Å²) in [5.74, 6) is 0.0872. The van der Waals surface area contributed by atoms with E-state index in [1.807, 2.05) is 36.1 Å². The van der Waals surface area contributed by atoms with Gasteiger partial charge in [0, 0.05) is 17.8 Å². The molecule has 1 aromatic rings. The Balaban J connectivity index is 1.89. The Morgan fingerprint density at radius 1 is 1.40 bits per heavy atom. The number of aliphatic hydroxyl groups is 1. The van der Waals surface area contributed by atoms with Gasteiger partial charge in [0.25, 0.3) is 0 Å². The summed E-state index contributed by atoms with van der Waals surface area (Å²) in [4.78, 5) is 14.6. The van der Waals surface area contributed by atoms with Gasteiger partial charge >= 0.3 is 0 Å². The number of carbonyl (C=O) groups excluding carboxylic acids is 1. The van der Waals surface area contributed by atoms with Crippen LogP contribution in [0.2, 0.25) is 0 Å². The van der Waals surface area contributed by atoms with Crippen LogP contribution in [-0.4, -0.2) is 30.3 Å². The van der Waals surface area contributed by atoms with Gasteiger partial charge in [0.05, 0.1) is 24.7 Å². The maximum atomic E-state index is 12.7. The number of nitrogens with zero attached hydrogens (tertiary/aromatic N) is 1. The maximum absolute atomic E-state index is 12.7. The fourth-order valence-corrected chi connectivity index (χ4v) is 3.17. The quantitative estimate of drug-likeness (QED) is 0.855. The zero-order chi connectivity index (χ0) is 14.1. The molecule has 0 spiro atoms. The molecule has 2 heterocycles. The molecule has 1 amide bonds. The number of amides is 1. The summed E-state index contributed by atoms with van der Waals surface area (Å²) >= 11 is 0. The minimum absolute atomic E-state index is 0.0479. The van der Waals surface area contributed by atoms with Gasteiger partial charge in [-0.3, -0.25) is 4.79 Å². The minimum atomic E-state index is -0.470. The number of fused-ring (bicyclic) bond motifs is 1. The Morgan fingerprint density at radius 3 is 2.95 bits per heavy atom. The van der Waals surface area contributed by atoms with Crippen LogP contribution in [0.1, 0.15) is 37.9 Å². The zero-order valence-corrected chi connectivity index (χ0v) is 11.8. The zero-order valence-electron chi connectivity index (χ0n) is 11.8. The Hall–Kier alpha value is -1.39. The van der Waals surface area contributed by atoms with Gasteiger partial charge in [-0.05, 0) is 32.3 Å². The number of ether oxygens (including phenoxy) is 1. The van der Waals surface area contributed by atoms with Gasteiger partial charge in [-0.1, -0.05) is 18.2 Å². The topological polar surface area (TPSA) is 49.8 Å². The van der Waals surface area contributed by atoms with Crippen LogP contribution in [0.15, 0.2) is 24.3 Å². The summed E-state index contributed by atoms with van der Waals surface area (Å²) < 4.78 is 5.52. The van der Waals surface area contributed by atoms with E-state index in [9.17, 15) is 9.90 Å². The van der Waals surface area contributed by atoms with Crippen molar-refractivity contribution in [2.45, 2.75) is 38.4 Å². The van der Waals surface area contributed by atoms with Crippen molar-refractivity contribution >= 4 is 11.6 Å². The molecule has 4 heteroatoms.